The van der Waals surface area contributed by atoms with Crippen LogP contribution in [-0.2, 0) is 16.1 Å². The van der Waals surface area contributed by atoms with Gasteiger partial charge in [0.2, 0.25) is 5.91 Å². The summed E-state index contributed by atoms with van der Waals surface area (Å²) in [6.45, 7) is 3.51. The van der Waals surface area contributed by atoms with E-state index in [0.717, 1.165) is 0 Å². The first-order valence-corrected chi connectivity index (χ1v) is 9.08. The molecule has 148 valence electrons. The summed E-state index contributed by atoms with van der Waals surface area (Å²) in [5.41, 5.74) is 1.61. The first kappa shape index (κ1) is 18.6. The number of nitrogens with one attached hydrogen (secondary N) is 1. The normalized spacial score (nSPS) is 15.2. The van der Waals surface area contributed by atoms with Crippen LogP contribution in [0, 0.1) is 17.0 Å². The zero-order valence-electron chi connectivity index (χ0n) is 15.8. The molecule has 0 bridgehead atoms. The van der Waals surface area contributed by atoms with Crippen molar-refractivity contribution >= 4 is 34.3 Å². The zero-order chi connectivity index (χ0) is 20.7. The number of benzene rings is 2. The van der Waals surface area contributed by atoms with Gasteiger partial charge in [-0.15, -0.1) is 0 Å². The van der Waals surface area contributed by atoms with E-state index in [1.54, 1.807) is 43.3 Å². The molecule has 1 aliphatic heterocycles. The van der Waals surface area contributed by atoms with Gasteiger partial charge in [-0.2, -0.15) is 0 Å². The van der Waals surface area contributed by atoms with Crippen LogP contribution in [-0.4, -0.2) is 26.4 Å². The predicted octanol–water partition coefficient (Wildman–Crippen LogP) is 3.51. The van der Waals surface area contributed by atoms with Crippen LogP contribution in [0.3, 0.4) is 0 Å². The van der Waals surface area contributed by atoms with Gasteiger partial charge >= 0.3 is 11.7 Å². The molecule has 4 rings (SSSR count). The molecule has 29 heavy (non-hydrogen) atoms. The lowest BCUT2D eigenvalue weighted by molar-refractivity contribution is -0.382. The first-order valence-electron chi connectivity index (χ1n) is 9.08. The summed E-state index contributed by atoms with van der Waals surface area (Å²) < 4.78 is 7.45. The molecule has 1 aliphatic rings. The van der Waals surface area contributed by atoms with Gasteiger partial charge in [0, 0.05) is 19.9 Å². The van der Waals surface area contributed by atoms with Gasteiger partial charge in [-0.3, -0.25) is 14.9 Å². The van der Waals surface area contributed by atoms with Crippen molar-refractivity contribution in [3.8, 4) is 0 Å². The Kier molecular flexibility index (Phi) is 4.50. The van der Waals surface area contributed by atoms with Gasteiger partial charge in [0.05, 0.1) is 16.0 Å². The Morgan fingerprint density at radius 1 is 1.31 bits per heavy atom. The molecule has 0 fully saturated rings. The molecule has 0 saturated heterocycles. The van der Waals surface area contributed by atoms with Gasteiger partial charge in [-0.25, -0.2) is 9.78 Å². The number of fused-ring (bicyclic) bond motifs is 3. The van der Waals surface area contributed by atoms with Crippen LogP contribution in [0.15, 0.2) is 36.4 Å². The fourth-order valence-corrected chi connectivity index (χ4v) is 3.64. The largest absolute Gasteiger partial charge is 0.451 e. The van der Waals surface area contributed by atoms with Crippen LogP contribution in [0.1, 0.15) is 41.2 Å². The quantitative estimate of drug-likeness (QED) is 0.411. The molecule has 0 radical (unpaired) electrons. The number of hydrogen-bond donors (Lipinski definition) is 1. The molecule has 1 aromatic heterocycles. The number of carbonyl (C=O) groups excluding carboxylic acids is 2. The fourth-order valence-electron chi connectivity index (χ4n) is 3.64. The zero-order valence-corrected chi connectivity index (χ0v) is 15.8. The lowest BCUT2D eigenvalue weighted by atomic mass is 10.1. The number of anilines is 1. The molecule has 0 spiro atoms. The van der Waals surface area contributed by atoms with E-state index in [0.29, 0.717) is 35.4 Å². The van der Waals surface area contributed by atoms with Gasteiger partial charge < -0.3 is 14.6 Å². The number of aromatic nitrogens is 2. The molecule has 1 amide bonds. The standard InChI is InChI=1S/C20H18N4O5/c1-11-10-14-17(18(24(27)28)16(11)21-12(2)25)22-19-15(8-9-23(14)19)29-20(26)13-6-4-3-5-7-13/h3-7,10,15H,8-9H2,1-2H3,(H,21,25). The fraction of sp³-hybridized carbons (Fsp3) is 0.250. The van der Waals surface area contributed by atoms with E-state index in [-0.39, 0.29) is 16.9 Å². The van der Waals surface area contributed by atoms with Crippen molar-refractivity contribution < 1.29 is 19.2 Å². The van der Waals surface area contributed by atoms with Gasteiger partial charge in [-0.05, 0) is 30.7 Å². The highest BCUT2D eigenvalue weighted by Gasteiger charge is 2.34. The summed E-state index contributed by atoms with van der Waals surface area (Å²) in [4.78, 5) is 39.6. The van der Waals surface area contributed by atoms with Crippen LogP contribution >= 0.6 is 0 Å². The summed E-state index contributed by atoms with van der Waals surface area (Å²) in [5.74, 6) is -0.413. The van der Waals surface area contributed by atoms with Crippen molar-refractivity contribution in [2.24, 2.45) is 0 Å². The molecule has 0 saturated carbocycles. The minimum absolute atomic E-state index is 0.129. The molecule has 1 atom stereocenters. The number of ether oxygens (including phenoxy) is 1. The summed E-state index contributed by atoms with van der Waals surface area (Å²) in [7, 11) is 0. The highest BCUT2D eigenvalue weighted by atomic mass is 16.6. The first-order chi connectivity index (χ1) is 13.9. The van der Waals surface area contributed by atoms with E-state index in [9.17, 15) is 19.7 Å². The van der Waals surface area contributed by atoms with Gasteiger partial charge in [-0.1, -0.05) is 18.2 Å². The lowest BCUT2D eigenvalue weighted by Crippen LogP contribution is -2.10. The smallest absolute Gasteiger partial charge is 0.338 e. The second-order valence-corrected chi connectivity index (χ2v) is 6.89. The van der Waals surface area contributed by atoms with Crippen molar-refractivity contribution in [3.05, 3.63) is 63.5 Å². The van der Waals surface area contributed by atoms with E-state index in [1.807, 2.05) is 4.57 Å². The summed E-state index contributed by atoms with van der Waals surface area (Å²) in [6.07, 6.45) is -0.0591. The number of amides is 1. The third-order valence-corrected chi connectivity index (χ3v) is 4.89. The molecule has 0 aliphatic carbocycles. The van der Waals surface area contributed by atoms with Gasteiger partial charge in [0.1, 0.15) is 5.69 Å². The Labute approximate surface area is 165 Å². The summed E-state index contributed by atoms with van der Waals surface area (Å²) in [6, 6.07) is 10.4. The predicted molar refractivity (Wildman–Crippen MR) is 105 cm³/mol. The number of aryl methyl sites for hydroxylation is 2. The van der Waals surface area contributed by atoms with Crippen LogP contribution in [0.5, 0.6) is 0 Å². The van der Waals surface area contributed by atoms with E-state index in [2.05, 4.69) is 10.3 Å². The van der Waals surface area contributed by atoms with Crippen molar-refractivity contribution in [2.75, 3.05) is 5.32 Å². The highest BCUT2D eigenvalue weighted by Crippen LogP contribution is 2.40. The molecular weight excluding hydrogens is 376 g/mol. The number of nitrogens with zero attached hydrogens (tertiary/aromatic N) is 3. The maximum Gasteiger partial charge on any atom is 0.338 e. The maximum absolute atomic E-state index is 12.4. The minimum Gasteiger partial charge on any atom is -0.451 e. The van der Waals surface area contributed by atoms with Gasteiger partial charge in [0.25, 0.3) is 0 Å². The monoisotopic (exact) mass is 394 g/mol. The van der Waals surface area contributed by atoms with Crippen LogP contribution in [0.25, 0.3) is 11.0 Å². The number of nitro groups is 1. The second-order valence-electron chi connectivity index (χ2n) is 6.89. The van der Waals surface area contributed by atoms with Crippen molar-refractivity contribution in [1.29, 1.82) is 0 Å². The average molecular weight is 394 g/mol. The molecule has 1 N–H and O–H groups in total. The van der Waals surface area contributed by atoms with E-state index >= 15 is 0 Å². The average Bonchev–Trinajstić information content (AvgIpc) is 3.22. The maximum atomic E-state index is 12.4. The number of hydrogen-bond acceptors (Lipinski definition) is 6. The van der Waals surface area contributed by atoms with Crippen molar-refractivity contribution in [3.63, 3.8) is 0 Å². The Morgan fingerprint density at radius 2 is 2.03 bits per heavy atom. The highest BCUT2D eigenvalue weighted by molar-refractivity contribution is 6.00. The molecule has 2 heterocycles. The summed E-state index contributed by atoms with van der Waals surface area (Å²) in [5, 5.41) is 14.3. The molecular formula is C20H18N4O5. The SMILES string of the molecule is CC(=O)Nc1c(C)cc2c(nc3n2CCC3OC(=O)c2ccccc2)c1[N+](=O)[O-]. The number of imidazole rings is 1. The van der Waals surface area contributed by atoms with E-state index < -0.39 is 22.9 Å². The number of nitro benzene ring substituents is 1. The molecule has 1 unspecified atom stereocenters. The molecule has 9 nitrogen and oxygen atoms in total. The lowest BCUT2D eigenvalue weighted by Gasteiger charge is -2.10. The second kappa shape index (κ2) is 7.01. The van der Waals surface area contributed by atoms with E-state index in [4.69, 9.17) is 4.74 Å². The van der Waals surface area contributed by atoms with Crippen LogP contribution < -0.4 is 5.32 Å². The Hall–Kier alpha value is -3.75. The van der Waals surface area contributed by atoms with E-state index in [1.165, 1.54) is 6.92 Å². The number of rotatable bonds is 4. The Bertz CT molecular complexity index is 1150. The van der Waals surface area contributed by atoms with Crippen molar-refractivity contribution in [1.82, 2.24) is 9.55 Å². The Balaban J connectivity index is 1.77. The molecule has 2 aromatic carbocycles. The Morgan fingerprint density at radius 3 is 2.69 bits per heavy atom. The van der Waals surface area contributed by atoms with Crippen LogP contribution in [0.4, 0.5) is 11.4 Å². The summed E-state index contributed by atoms with van der Waals surface area (Å²) >= 11 is 0. The molecule has 9 heteroatoms. The topological polar surface area (TPSA) is 116 Å². The minimum atomic E-state index is -0.598. The third-order valence-electron chi connectivity index (χ3n) is 4.89. The molecule has 3 aromatic rings. The third kappa shape index (κ3) is 3.20. The number of esters is 1. The number of carbonyl (C=O) groups is 2. The van der Waals surface area contributed by atoms with Gasteiger partial charge in [0.15, 0.2) is 17.4 Å². The van der Waals surface area contributed by atoms with Crippen LogP contribution in [0.2, 0.25) is 0 Å². The van der Waals surface area contributed by atoms with Crippen molar-refractivity contribution in [2.45, 2.75) is 32.9 Å².